The number of halogens is 6. The third-order valence-electron chi connectivity index (χ3n) is 9.57. The zero-order valence-electron chi connectivity index (χ0n) is 27.0. The Labute approximate surface area is 283 Å². The van der Waals surface area contributed by atoms with Crippen LogP contribution in [-0.4, -0.2) is 98.8 Å². The van der Waals surface area contributed by atoms with E-state index in [-0.39, 0.29) is 30.1 Å². The quantitative estimate of drug-likeness (QED) is 0.222. The molecule has 1 atom stereocenters. The van der Waals surface area contributed by atoms with Crippen LogP contribution >= 0.6 is 11.3 Å². The molecule has 0 aliphatic carbocycles. The smallest absolute Gasteiger partial charge is 0.367 e. The molecule has 5 heterocycles. The Balaban J connectivity index is 1.07. The molecule has 0 radical (unpaired) electrons. The monoisotopic (exact) mass is 706 g/mol. The SMILES string of the molecule is Cc1c(CN2CCC(Nc3ncnc4sc(CC(F)(F)F)cc34)CC2)ccc2c1cc(C#N)n2C[C@H](C)N1CCN(C(=O)C(F)(F)F)CC1. The number of carbonyl (C=O) groups is 1. The molecule has 4 aromatic rings. The number of anilines is 1. The first kappa shape index (κ1) is 34.9. The number of aromatic nitrogens is 3. The summed E-state index contributed by atoms with van der Waals surface area (Å²) < 4.78 is 79.4. The van der Waals surface area contributed by atoms with Crippen molar-refractivity contribution in [1.82, 2.24) is 29.2 Å². The normalized spacial score (nSPS) is 17.9. The van der Waals surface area contributed by atoms with E-state index in [0.717, 1.165) is 70.7 Å². The van der Waals surface area contributed by atoms with Gasteiger partial charge in [-0.2, -0.15) is 31.6 Å². The van der Waals surface area contributed by atoms with Crippen molar-refractivity contribution in [2.75, 3.05) is 44.6 Å². The molecule has 2 aliphatic heterocycles. The first-order chi connectivity index (χ1) is 23.2. The second-order valence-corrected chi connectivity index (χ2v) is 14.0. The average molecular weight is 707 g/mol. The number of carbonyl (C=O) groups excluding carboxylic acids is 1. The molecule has 9 nitrogen and oxygen atoms in total. The summed E-state index contributed by atoms with van der Waals surface area (Å²) in [5, 5.41) is 15.0. The average Bonchev–Trinajstić information content (AvgIpc) is 3.63. The Hall–Kier alpha value is -3.94. The van der Waals surface area contributed by atoms with Gasteiger partial charge in [-0.1, -0.05) is 6.07 Å². The minimum absolute atomic E-state index is 0.00128. The van der Waals surface area contributed by atoms with Gasteiger partial charge in [-0.05, 0) is 56.0 Å². The number of piperazine rings is 1. The molecule has 0 bridgehead atoms. The summed E-state index contributed by atoms with van der Waals surface area (Å²) in [6, 6.07) is 9.87. The van der Waals surface area contributed by atoms with E-state index < -0.39 is 24.7 Å². The molecule has 49 heavy (non-hydrogen) atoms. The van der Waals surface area contributed by atoms with Gasteiger partial charge in [0.25, 0.3) is 0 Å². The highest BCUT2D eigenvalue weighted by molar-refractivity contribution is 7.18. The molecule has 3 aromatic heterocycles. The molecular weight excluding hydrogens is 670 g/mol. The van der Waals surface area contributed by atoms with Crippen molar-refractivity contribution in [3.63, 3.8) is 0 Å². The van der Waals surface area contributed by atoms with Crippen molar-refractivity contribution in [2.45, 2.75) is 70.6 Å². The number of nitrogens with zero attached hydrogens (tertiary/aromatic N) is 7. The van der Waals surface area contributed by atoms with E-state index in [1.807, 2.05) is 35.4 Å². The maximum Gasteiger partial charge on any atom is 0.471 e. The van der Waals surface area contributed by atoms with Gasteiger partial charge in [-0.3, -0.25) is 14.6 Å². The molecular formula is C33H36F6N8OS. The van der Waals surface area contributed by atoms with Crippen molar-refractivity contribution in [2.24, 2.45) is 0 Å². The third kappa shape index (κ3) is 7.79. The minimum atomic E-state index is -4.88. The predicted molar refractivity (Wildman–Crippen MR) is 174 cm³/mol. The molecule has 16 heteroatoms. The number of hydrogen-bond acceptors (Lipinski definition) is 8. The lowest BCUT2D eigenvalue weighted by Crippen LogP contribution is -2.54. The van der Waals surface area contributed by atoms with Gasteiger partial charge >= 0.3 is 18.3 Å². The summed E-state index contributed by atoms with van der Waals surface area (Å²) in [5.41, 5.74) is 3.65. The van der Waals surface area contributed by atoms with E-state index in [2.05, 4.69) is 32.3 Å². The molecule has 262 valence electrons. The highest BCUT2D eigenvalue weighted by Crippen LogP contribution is 2.34. The van der Waals surface area contributed by atoms with E-state index >= 15 is 0 Å². The van der Waals surface area contributed by atoms with Crippen LogP contribution in [0.15, 0.2) is 30.6 Å². The van der Waals surface area contributed by atoms with Crippen LogP contribution in [0.5, 0.6) is 0 Å². The number of rotatable bonds is 8. The van der Waals surface area contributed by atoms with Crippen molar-refractivity contribution >= 4 is 44.2 Å². The number of aryl methyl sites for hydroxylation is 1. The van der Waals surface area contributed by atoms with Gasteiger partial charge in [0.2, 0.25) is 0 Å². The van der Waals surface area contributed by atoms with Crippen LogP contribution < -0.4 is 5.32 Å². The predicted octanol–water partition coefficient (Wildman–Crippen LogP) is 6.10. The van der Waals surface area contributed by atoms with E-state index in [0.29, 0.717) is 41.4 Å². The Morgan fingerprint density at radius 1 is 1.04 bits per heavy atom. The van der Waals surface area contributed by atoms with Gasteiger partial charge < -0.3 is 14.8 Å². The van der Waals surface area contributed by atoms with Crippen molar-refractivity contribution < 1.29 is 31.1 Å². The lowest BCUT2D eigenvalue weighted by atomic mass is 10.0. The number of thiophene rings is 1. The maximum atomic E-state index is 12.9. The zero-order valence-corrected chi connectivity index (χ0v) is 27.9. The van der Waals surface area contributed by atoms with Crippen LogP contribution in [0, 0.1) is 18.3 Å². The molecule has 6 rings (SSSR count). The molecule has 1 N–H and O–H groups in total. The van der Waals surface area contributed by atoms with Gasteiger partial charge in [0.05, 0.1) is 11.8 Å². The molecule has 1 amide bonds. The van der Waals surface area contributed by atoms with E-state index in [1.54, 1.807) is 0 Å². The molecule has 2 saturated heterocycles. The molecule has 0 spiro atoms. The van der Waals surface area contributed by atoms with Crippen LogP contribution in [0.3, 0.4) is 0 Å². The first-order valence-corrected chi connectivity index (χ1v) is 16.9. The standard InChI is InChI=1S/C33H36F6N8OS/c1-20(45-9-11-46(12-10-45)31(48)33(37,38)39)17-47-24(16-40)13-26-21(2)22(3-4-28(26)47)18-44-7-5-23(6-8-44)43-29-27-14-25(15-32(34,35)36)49-30(27)42-19-41-29/h3-4,13-14,19-20,23H,5-12,15,17-18H2,1-2H3,(H,41,42,43)/t20-/m0/s1. The Morgan fingerprint density at radius 2 is 1.76 bits per heavy atom. The Morgan fingerprint density at radius 3 is 2.41 bits per heavy atom. The number of amides is 1. The lowest BCUT2D eigenvalue weighted by molar-refractivity contribution is -0.187. The van der Waals surface area contributed by atoms with Crippen LogP contribution in [0.25, 0.3) is 21.1 Å². The Bertz CT molecular complexity index is 1860. The lowest BCUT2D eigenvalue weighted by Gasteiger charge is -2.38. The largest absolute Gasteiger partial charge is 0.471 e. The fourth-order valence-electron chi connectivity index (χ4n) is 6.88. The summed E-state index contributed by atoms with van der Waals surface area (Å²) in [5.74, 6) is -1.25. The number of alkyl halides is 6. The third-order valence-corrected chi connectivity index (χ3v) is 10.6. The van der Waals surface area contributed by atoms with E-state index in [4.69, 9.17) is 0 Å². The molecule has 2 fully saturated rings. The van der Waals surface area contributed by atoms with Crippen LogP contribution in [-0.2, 0) is 24.3 Å². The second kappa shape index (κ2) is 13.8. The highest BCUT2D eigenvalue weighted by Gasteiger charge is 2.43. The number of nitrogens with one attached hydrogen (secondary N) is 1. The summed E-state index contributed by atoms with van der Waals surface area (Å²) in [6.07, 6.45) is -7.11. The number of benzene rings is 1. The van der Waals surface area contributed by atoms with Gasteiger partial charge in [0.15, 0.2) is 0 Å². The van der Waals surface area contributed by atoms with Gasteiger partial charge in [0, 0.05) is 80.2 Å². The summed E-state index contributed by atoms with van der Waals surface area (Å²) >= 11 is 1.03. The van der Waals surface area contributed by atoms with Crippen LogP contribution in [0.2, 0.25) is 0 Å². The number of fused-ring (bicyclic) bond motifs is 2. The molecule has 2 aliphatic rings. The molecule has 0 unspecified atom stereocenters. The second-order valence-electron chi connectivity index (χ2n) is 12.8. The number of piperidine rings is 1. The fourth-order valence-corrected chi connectivity index (χ4v) is 7.91. The zero-order chi connectivity index (χ0) is 35.1. The number of likely N-dealkylation sites (tertiary alicyclic amines) is 1. The van der Waals surface area contributed by atoms with Gasteiger partial charge in [0.1, 0.15) is 28.7 Å². The fraction of sp³-hybridized carbons (Fsp3) is 0.515. The topological polar surface area (TPSA) is 93.3 Å². The van der Waals surface area contributed by atoms with Gasteiger partial charge in [-0.25, -0.2) is 9.97 Å². The van der Waals surface area contributed by atoms with E-state index in [1.165, 1.54) is 12.4 Å². The maximum absolute atomic E-state index is 12.9. The summed E-state index contributed by atoms with van der Waals surface area (Å²) in [6.45, 7) is 7.50. The number of hydrogen-bond donors (Lipinski definition) is 1. The molecule has 0 saturated carbocycles. The van der Waals surface area contributed by atoms with Crippen molar-refractivity contribution in [3.05, 3.63) is 52.3 Å². The van der Waals surface area contributed by atoms with E-state index in [9.17, 15) is 36.4 Å². The minimum Gasteiger partial charge on any atom is -0.367 e. The molecule has 1 aromatic carbocycles. The highest BCUT2D eigenvalue weighted by atomic mass is 32.1. The van der Waals surface area contributed by atoms with Crippen LogP contribution in [0.1, 0.15) is 41.5 Å². The first-order valence-electron chi connectivity index (χ1n) is 16.1. The van der Waals surface area contributed by atoms with Crippen molar-refractivity contribution in [1.29, 1.82) is 5.26 Å². The van der Waals surface area contributed by atoms with Crippen molar-refractivity contribution in [3.8, 4) is 6.07 Å². The Kier molecular flexibility index (Phi) is 9.80. The summed E-state index contributed by atoms with van der Waals surface area (Å²) in [7, 11) is 0. The summed E-state index contributed by atoms with van der Waals surface area (Å²) in [4.78, 5) is 26.1. The number of nitriles is 1. The van der Waals surface area contributed by atoms with Gasteiger partial charge in [-0.15, -0.1) is 11.3 Å². The van der Waals surface area contributed by atoms with Crippen LogP contribution in [0.4, 0.5) is 32.2 Å².